The van der Waals surface area contributed by atoms with E-state index in [1.807, 2.05) is 24.3 Å². The van der Waals surface area contributed by atoms with Gasteiger partial charge in [0.25, 0.3) is 0 Å². The van der Waals surface area contributed by atoms with E-state index in [-0.39, 0.29) is 35.5 Å². The van der Waals surface area contributed by atoms with Crippen LogP contribution < -0.4 is 9.47 Å². The van der Waals surface area contributed by atoms with Crippen molar-refractivity contribution in [1.29, 1.82) is 0 Å². The van der Waals surface area contributed by atoms with E-state index in [2.05, 4.69) is 13.8 Å². The minimum absolute atomic E-state index is 0.103. The summed E-state index contributed by atoms with van der Waals surface area (Å²) in [6, 6.07) is 10.6. The Morgan fingerprint density at radius 2 is 1.16 bits per heavy atom. The van der Waals surface area contributed by atoms with Crippen LogP contribution in [0.5, 0.6) is 23.0 Å². The summed E-state index contributed by atoms with van der Waals surface area (Å²) in [6.07, 6.45) is -0.205. The van der Waals surface area contributed by atoms with Crippen LogP contribution in [0.25, 0.3) is 0 Å². The number of phenols is 2. The zero-order valence-electron chi connectivity index (χ0n) is 14.9. The Morgan fingerprint density at radius 1 is 0.760 bits per heavy atom. The van der Waals surface area contributed by atoms with E-state index in [0.29, 0.717) is 11.5 Å². The third kappa shape index (κ3) is 3.12. The first-order chi connectivity index (χ1) is 12.0. The number of benzene rings is 2. The van der Waals surface area contributed by atoms with Crippen molar-refractivity contribution in [1.82, 2.24) is 0 Å². The molecule has 5 heteroatoms. The number of methoxy groups -OCH3 is 2. The average molecular weight is 344 g/mol. The molecule has 2 aromatic carbocycles. The Bertz CT molecular complexity index is 694. The molecule has 3 rings (SSSR count). The van der Waals surface area contributed by atoms with Gasteiger partial charge in [-0.2, -0.15) is 0 Å². The van der Waals surface area contributed by atoms with E-state index < -0.39 is 0 Å². The van der Waals surface area contributed by atoms with Crippen LogP contribution in [0.3, 0.4) is 0 Å². The SMILES string of the molecule is COc1cc([C@H]2O[C@@H](c3ccc(O)c(OC)c3)[C@@H](C)[C@@H]2C)ccc1O. The Morgan fingerprint density at radius 3 is 1.52 bits per heavy atom. The molecular formula is C20H24O5. The predicted octanol–water partition coefficient (Wildman–Crippen LogP) is 4.20. The van der Waals surface area contributed by atoms with E-state index in [1.165, 1.54) is 14.2 Å². The molecule has 2 aromatic rings. The van der Waals surface area contributed by atoms with Crippen LogP contribution in [0, 0.1) is 11.8 Å². The van der Waals surface area contributed by atoms with Gasteiger partial charge in [0, 0.05) is 0 Å². The quantitative estimate of drug-likeness (QED) is 0.870. The fourth-order valence-electron chi connectivity index (χ4n) is 3.46. The van der Waals surface area contributed by atoms with Gasteiger partial charge in [0.1, 0.15) is 0 Å². The van der Waals surface area contributed by atoms with E-state index in [9.17, 15) is 10.2 Å². The molecule has 134 valence electrons. The van der Waals surface area contributed by atoms with Crippen LogP contribution in [0.15, 0.2) is 36.4 Å². The molecule has 4 atom stereocenters. The maximum Gasteiger partial charge on any atom is 0.160 e. The number of hydrogen-bond donors (Lipinski definition) is 2. The second-order valence-corrected chi connectivity index (χ2v) is 6.56. The van der Waals surface area contributed by atoms with Gasteiger partial charge < -0.3 is 24.4 Å². The third-order valence-corrected chi connectivity index (χ3v) is 5.14. The fraction of sp³-hybridized carbons (Fsp3) is 0.400. The summed E-state index contributed by atoms with van der Waals surface area (Å²) in [7, 11) is 3.07. The van der Waals surface area contributed by atoms with Crippen molar-refractivity contribution in [3.8, 4) is 23.0 Å². The monoisotopic (exact) mass is 344 g/mol. The van der Waals surface area contributed by atoms with E-state index in [0.717, 1.165) is 11.1 Å². The van der Waals surface area contributed by atoms with E-state index in [4.69, 9.17) is 14.2 Å². The number of hydrogen-bond acceptors (Lipinski definition) is 5. The van der Waals surface area contributed by atoms with E-state index in [1.54, 1.807) is 12.1 Å². The maximum atomic E-state index is 9.81. The van der Waals surface area contributed by atoms with Gasteiger partial charge in [-0.1, -0.05) is 26.0 Å². The molecule has 1 fully saturated rings. The van der Waals surface area contributed by atoms with Gasteiger partial charge >= 0.3 is 0 Å². The summed E-state index contributed by atoms with van der Waals surface area (Å²) in [4.78, 5) is 0. The lowest BCUT2D eigenvalue weighted by atomic mass is 9.85. The summed E-state index contributed by atoms with van der Waals surface area (Å²) in [6.45, 7) is 4.32. The van der Waals surface area contributed by atoms with Crippen LogP contribution in [-0.2, 0) is 4.74 Å². The van der Waals surface area contributed by atoms with Gasteiger partial charge in [-0.25, -0.2) is 0 Å². The smallest absolute Gasteiger partial charge is 0.160 e. The molecule has 1 heterocycles. The predicted molar refractivity (Wildman–Crippen MR) is 94.2 cm³/mol. The van der Waals surface area contributed by atoms with Crippen molar-refractivity contribution in [2.45, 2.75) is 26.1 Å². The van der Waals surface area contributed by atoms with Gasteiger partial charge in [0.05, 0.1) is 26.4 Å². The second-order valence-electron chi connectivity index (χ2n) is 6.56. The average Bonchev–Trinajstić information content (AvgIpc) is 2.91. The standard InChI is InChI=1S/C20H24O5/c1-11-12(2)20(14-6-8-16(22)18(10-14)24-4)25-19(11)13-5-7-15(21)17(9-13)23-3/h5-12,19-22H,1-4H3/t11-,12-,19-,20+/m0/s1. The molecule has 0 unspecified atom stereocenters. The number of phenolic OH excluding ortho intramolecular Hbond substituents is 2. The lowest BCUT2D eigenvalue weighted by Gasteiger charge is -2.18. The van der Waals surface area contributed by atoms with Crippen molar-refractivity contribution in [3.05, 3.63) is 47.5 Å². The van der Waals surface area contributed by atoms with Crippen molar-refractivity contribution >= 4 is 0 Å². The van der Waals surface area contributed by atoms with Gasteiger partial charge in [0.2, 0.25) is 0 Å². The van der Waals surface area contributed by atoms with Crippen molar-refractivity contribution in [3.63, 3.8) is 0 Å². The highest BCUT2D eigenvalue weighted by Gasteiger charge is 2.41. The Kier molecular flexibility index (Phi) is 4.77. The van der Waals surface area contributed by atoms with Crippen LogP contribution in [-0.4, -0.2) is 24.4 Å². The molecule has 0 saturated carbocycles. The summed E-state index contributed by atoms with van der Waals surface area (Å²) in [5.41, 5.74) is 1.95. The number of ether oxygens (including phenoxy) is 3. The zero-order chi connectivity index (χ0) is 18.1. The molecule has 0 amide bonds. The fourth-order valence-corrected chi connectivity index (χ4v) is 3.46. The lowest BCUT2D eigenvalue weighted by Crippen LogP contribution is -2.10. The molecule has 0 aromatic heterocycles. The Balaban J connectivity index is 1.91. The third-order valence-electron chi connectivity index (χ3n) is 5.14. The molecule has 0 bridgehead atoms. The largest absolute Gasteiger partial charge is 0.504 e. The van der Waals surface area contributed by atoms with Crippen LogP contribution >= 0.6 is 0 Å². The highest BCUT2D eigenvalue weighted by Crippen LogP contribution is 2.50. The van der Waals surface area contributed by atoms with Gasteiger partial charge in [-0.15, -0.1) is 0 Å². The highest BCUT2D eigenvalue weighted by molar-refractivity contribution is 5.44. The number of rotatable bonds is 4. The first-order valence-electron chi connectivity index (χ1n) is 8.35. The molecule has 1 saturated heterocycles. The first kappa shape index (κ1) is 17.4. The van der Waals surface area contributed by atoms with Gasteiger partial charge in [-0.3, -0.25) is 0 Å². The van der Waals surface area contributed by atoms with E-state index >= 15 is 0 Å². The molecule has 1 aliphatic heterocycles. The van der Waals surface area contributed by atoms with Crippen LogP contribution in [0.1, 0.15) is 37.2 Å². The highest BCUT2D eigenvalue weighted by atomic mass is 16.5. The van der Waals surface area contributed by atoms with Crippen LogP contribution in [0.4, 0.5) is 0 Å². The zero-order valence-corrected chi connectivity index (χ0v) is 14.9. The normalized spacial score (nSPS) is 25.8. The first-order valence-corrected chi connectivity index (χ1v) is 8.35. The molecule has 25 heavy (non-hydrogen) atoms. The summed E-state index contributed by atoms with van der Waals surface area (Å²) >= 11 is 0. The number of aromatic hydroxyl groups is 2. The summed E-state index contributed by atoms with van der Waals surface area (Å²) in [5.74, 6) is 1.67. The molecule has 2 N–H and O–H groups in total. The molecule has 0 aliphatic carbocycles. The molecule has 1 aliphatic rings. The minimum Gasteiger partial charge on any atom is -0.504 e. The summed E-state index contributed by atoms with van der Waals surface area (Å²) < 4.78 is 16.8. The molecule has 5 nitrogen and oxygen atoms in total. The van der Waals surface area contributed by atoms with Gasteiger partial charge in [-0.05, 0) is 47.2 Å². The lowest BCUT2D eigenvalue weighted by molar-refractivity contribution is 0.0288. The summed E-state index contributed by atoms with van der Waals surface area (Å²) in [5, 5.41) is 19.6. The Hall–Kier alpha value is -2.40. The maximum absolute atomic E-state index is 9.81. The molecular weight excluding hydrogens is 320 g/mol. The van der Waals surface area contributed by atoms with Crippen molar-refractivity contribution < 1.29 is 24.4 Å². The minimum atomic E-state index is -0.103. The molecule has 0 spiro atoms. The van der Waals surface area contributed by atoms with Crippen LogP contribution in [0.2, 0.25) is 0 Å². The van der Waals surface area contributed by atoms with Crippen molar-refractivity contribution in [2.24, 2.45) is 11.8 Å². The topological polar surface area (TPSA) is 68.2 Å². The second kappa shape index (κ2) is 6.84. The Labute approximate surface area is 147 Å². The van der Waals surface area contributed by atoms with Gasteiger partial charge in [0.15, 0.2) is 23.0 Å². The van der Waals surface area contributed by atoms with Crippen molar-refractivity contribution in [2.75, 3.05) is 14.2 Å². The molecule has 0 radical (unpaired) electrons.